The zero-order chi connectivity index (χ0) is 13.8. The van der Waals surface area contributed by atoms with Crippen molar-refractivity contribution in [3.8, 4) is 0 Å². The monoisotopic (exact) mass is 267 g/mol. The van der Waals surface area contributed by atoms with Crippen molar-refractivity contribution in [1.29, 1.82) is 0 Å². The number of pyridine rings is 1. The van der Waals surface area contributed by atoms with E-state index < -0.39 is 0 Å². The predicted octanol–water partition coefficient (Wildman–Crippen LogP) is 2.52. The fourth-order valence-corrected chi connectivity index (χ4v) is 2.26. The molecule has 0 spiro atoms. The highest BCUT2D eigenvalue weighted by atomic mass is 15.0. The van der Waals surface area contributed by atoms with E-state index in [1.54, 1.807) is 12.4 Å². The molecule has 0 saturated carbocycles. The number of hydrogen-bond acceptors (Lipinski definition) is 4. The normalized spacial score (nSPS) is 10.8. The topological polar surface area (TPSA) is 68.8 Å². The Labute approximate surface area is 117 Å². The van der Waals surface area contributed by atoms with Crippen molar-refractivity contribution in [2.24, 2.45) is 0 Å². The van der Waals surface area contributed by atoms with Gasteiger partial charge in [-0.3, -0.25) is 0 Å². The van der Waals surface area contributed by atoms with Crippen molar-refractivity contribution in [2.75, 3.05) is 17.6 Å². The molecule has 0 aliphatic carbocycles. The van der Waals surface area contributed by atoms with Crippen LogP contribution >= 0.6 is 0 Å². The van der Waals surface area contributed by atoms with Gasteiger partial charge in [-0.1, -0.05) is 12.1 Å². The van der Waals surface area contributed by atoms with E-state index in [4.69, 9.17) is 5.73 Å². The van der Waals surface area contributed by atoms with Gasteiger partial charge in [0.2, 0.25) is 0 Å². The Kier molecular flexibility index (Phi) is 3.50. The van der Waals surface area contributed by atoms with Crippen molar-refractivity contribution in [3.05, 3.63) is 49.2 Å². The minimum absolute atomic E-state index is 0.784. The number of nitrogens with one attached hydrogen (secondary N) is 1. The molecule has 102 valence electrons. The summed E-state index contributed by atoms with van der Waals surface area (Å²) in [6.07, 6.45) is 8.39. The molecule has 20 heavy (non-hydrogen) atoms. The second kappa shape index (κ2) is 5.61. The highest BCUT2D eigenvalue weighted by molar-refractivity contribution is 5.99. The molecule has 1 aromatic carbocycles. The Morgan fingerprint density at radius 2 is 2.10 bits per heavy atom. The fraction of sp³-hybridized carbons (Fsp3) is 0.200. The summed E-state index contributed by atoms with van der Waals surface area (Å²) in [5, 5.41) is 5.48. The van der Waals surface area contributed by atoms with Gasteiger partial charge >= 0.3 is 0 Å². The number of fused-ring (bicyclic) bond motifs is 1. The number of anilines is 2. The quantitative estimate of drug-likeness (QED) is 0.550. The molecule has 0 aliphatic rings. The average molecular weight is 267 g/mol. The number of nitrogens with two attached hydrogens (primary N) is 1. The summed E-state index contributed by atoms with van der Waals surface area (Å²) in [6, 6.07) is 7.85. The Bertz CT molecular complexity index is 691. The van der Waals surface area contributed by atoms with Crippen molar-refractivity contribution >= 4 is 22.3 Å². The highest BCUT2D eigenvalue weighted by Gasteiger charge is 2.03. The molecular weight excluding hydrogens is 250 g/mol. The summed E-state index contributed by atoms with van der Waals surface area (Å²) in [6.45, 7) is 1.80. The number of nitrogens with zero attached hydrogens (tertiary/aromatic N) is 3. The van der Waals surface area contributed by atoms with Crippen LogP contribution in [0.25, 0.3) is 10.8 Å². The number of nitrogen functional groups attached to an aromatic ring is 1. The van der Waals surface area contributed by atoms with Crippen molar-refractivity contribution in [3.63, 3.8) is 0 Å². The van der Waals surface area contributed by atoms with Gasteiger partial charge in [0, 0.05) is 48.1 Å². The molecule has 3 aromatic rings. The van der Waals surface area contributed by atoms with Crippen LogP contribution in [-0.4, -0.2) is 21.1 Å². The maximum absolute atomic E-state index is 5.98. The van der Waals surface area contributed by atoms with Gasteiger partial charge in [0.1, 0.15) is 5.82 Å². The van der Waals surface area contributed by atoms with Gasteiger partial charge in [0.05, 0.1) is 6.33 Å². The molecule has 0 atom stereocenters. The van der Waals surface area contributed by atoms with E-state index in [0.29, 0.717) is 0 Å². The Balaban J connectivity index is 1.67. The van der Waals surface area contributed by atoms with Gasteiger partial charge in [-0.15, -0.1) is 0 Å². The van der Waals surface area contributed by atoms with Crippen LogP contribution in [0.3, 0.4) is 0 Å². The van der Waals surface area contributed by atoms with E-state index in [-0.39, 0.29) is 0 Å². The first-order valence-corrected chi connectivity index (χ1v) is 6.67. The van der Waals surface area contributed by atoms with Crippen molar-refractivity contribution in [2.45, 2.75) is 13.0 Å². The van der Waals surface area contributed by atoms with Crippen LogP contribution in [0.4, 0.5) is 11.5 Å². The zero-order valence-corrected chi connectivity index (χ0v) is 11.2. The van der Waals surface area contributed by atoms with E-state index in [1.807, 2.05) is 36.8 Å². The number of aromatic nitrogens is 3. The first kappa shape index (κ1) is 12.5. The third kappa shape index (κ3) is 2.56. The predicted molar refractivity (Wildman–Crippen MR) is 81.5 cm³/mol. The number of imidazole rings is 1. The molecule has 0 radical (unpaired) electrons. The molecule has 0 bridgehead atoms. The van der Waals surface area contributed by atoms with E-state index in [0.717, 1.165) is 41.8 Å². The molecule has 0 amide bonds. The first-order valence-electron chi connectivity index (χ1n) is 6.67. The lowest BCUT2D eigenvalue weighted by Crippen LogP contribution is -2.07. The van der Waals surface area contributed by atoms with Crippen LogP contribution < -0.4 is 11.1 Å². The third-order valence-electron chi connectivity index (χ3n) is 3.28. The lowest BCUT2D eigenvalue weighted by Gasteiger charge is -2.10. The molecule has 2 aromatic heterocycles. The molecule has 0 fully saturated rings. The van der Waals surface area contributed by atoms with Gasteiger partial charge in [-0.25, -0.2) is 9.97 Å². The molecule has 5 nitrogen and oxygen atoms in total. The van der Waals surface area contributed by atoms with Gasteiger partial charge < -0.3 is 15.6 Å². The smallest absolute Gasteiger partial charge is 0.133 e. The van der Waals surface area contributed by atoms with Crippen molar-refractivity contribution in [1.82, 2.24) is 14.5 Å². The molecule has 0 aliphatic heterocycles. The highest BCUT2D eigenvalue weighted by Crippen LogP contribution is 2.25. The van der Waals surface area contributed by atoms with Gasteiger partial charge in [-0.2, -0.15) is 0 Å². The Morgan fingerprint density at radius 1 is 1.15 bits per heavy atom. The second-order valence-electron chi connectivity index (χ2n) is 4.68. The van der Waals surface area contributed by atoms with Crippen LogP contribution in [0.1, 0.15) is 6.42 Å². The minimum atomic E-state index is 0.784. The molecule has 5 heteroatoms. The molecule has 0 saturated heterocycles. The van der Waals surface area contributed by atoms with Crippen LogP contribution in [0, 0.1) is 0 Å². The van der Waals surface area contributed by atoms with Gasteiger partial charge in [0.25, 0.3) is 0 Å². The molecule has 3 rings (SSSR count). The zero-order valence-electron chi connectivity index (χ0n) is 11.2. The third-order valence-corrected chi connectivity index (χ3v) is 3.28. The second-order valence-corrected chi connectivity index (χ2v) is 4.68. The SMILES string of the molecule is Nc1cccc2c(NCCCn3ccnc3)nccc12. The summed E-state index contributed by atoms with van der Waals surface area (Å²) in [5.74, 6) is 0.889. The molecule has 3 N–H and O–H groups in total. The minimum Gasteiger partial charge on any atom is -0.398 e. The summed E-state index contributed by atoms with van der Waals surface area (Å²) in [4.78, 5) is 8.42. The largest absolute Gasteiger partial charge is 0.398 e. The Hall–Kier alpha value is -2.56. The average Bonchev–Trinajstić information content (AvgIpc) is 2.98. The van der Waals surface area contributed by atoms with Gasteiger partial charge in [0.15, 0.2) is 0 Å². The van der Waals surface area contributed by atoms with E-state index in [2.05, 4.69) is 19.9 Å². The van der Waals surface area contributed by atoms with Gasteiger partial charge in [-0.05, 0) is 18.6 Å². The Morgan fingerprint density at radius 3 is 2.95 bits per heavy atom. The van der Waals surface area contributed by atoms with Crippen LogP contribution in [0.5, 0.6) is 0 Å². The lowest BCUT2D eigenvalue weighted by atomic mass is 10.1. The number of hydrogen-bond donors (Lipinski definition) is 2. The van der Waals surface area contributed by atoms with Crippen LogP contribution in [-0.2, 0) is 6.54 Å². The van der Waals surface area contributed by atoms with E-state index in [1.165, 1.54) is 0 Å². The lowest BCUT2D eigenvalue weighted by molar-refractivity contribution is 0.660. The number of rotatable bonds is 5. The van der Waals surface area contributed by atoms with Crippen LogP contribution in [0.15, 0.2) is 49.2 Å². The summed E-state index contributed by atoms with van der Waals surface area (Å²) in [5.41, 5.74) is 6.76. The molecule has 0 unspecified atom stereocenters. The van der Waals surface area contributed by atoms with E-state index in [9.17, 15) is 0 Å². The maximum atomic E-state index is 5.98. The number of benzene rings is 1. The summed E-state index contributed by atoms with van der Waals surface area (Å²) < 4.78 is 2.07. The first-order chi connectivity index (χ1) is 9.84. The van der Waals surface area contributed by atoms with Crippen LogP contribution in [0.2, 0.25) is 0 Å². The summed E-state index contributed by atoms with van der Waals surface area (Å²) >= 11 is 0. The van der Waals surface area contributed by atoms with Crippen molar-refractivity contribution < 1.29 is 0 Å². The number of aryl methyl sites for hydroxylation is 1. The maximum Gasteiger partial charge on any atom is 0.133 e. The summed E-state index contributed by atoms with van der Waals surface area (Å²) in [7, 11) is 0. The molecular formula is C15H17N5. The van der Waals surface area contributed by atoms with E-state index >= 15 is 0 Å². The standard InChI is InChI=1S/C15H17N5/c16-14-4-1-3-13-12(14)5-7-19-15(13)18-6-2-9-20-10-8-17-11-20/h1,3-5,7-8,10-11H,2,6,9,16H2,(H,18,19). The fourth-order valence-electron chi connectivity index (χ4n) is 2.26. The molecule has 2 heterocycles.